The van der Waals surface area contributed by atoms with Crippen LogP contribution in [0.2, 0.25) is 0 Å². The lowest BCUT2D eigenvalue weighted by Crippen LogP contribution is -2.18. The summed E-state index contributed by atoms with van der Waals surface area (Å²) in [6, 6.07) is 0. The van der Waals surface area contributed by atoms with Crippen molar-refractivity contribution in [1.82, 2.24) is 24.9 Å². The fourth-order valence-corrected chi connectivity index (χ4v) is 2.95. The first-order valence-electron chi connectivity index (χ1n) is 7.79. The van der Waals surface area contributed by atoms with Gasteiger partial charge < -0.3 is 9.26 Å². The number of nitrogens with one attached hydrogen (secondary N) is 1. The Labute approximate surface area is 139 Å². The first kappa shape index (κ1) is 17.7. The van der Waals surface area contributed by atoms with Crippen molar-refractivity contribution in [3.8, 4) is 0 Å². The fourth-order valence-electron chi connectivity index (χ4n) is 2.03. The highest BCUT2D eigenvalue weighted by Gasteiger charge is 2.19. The number of ether oxygens (including phenoxy) is 1. The summed E-state index contributed by atoms with van der Waals surface area (Å²) < 4.78 is 11.9. The van der Waals surface area contributed by atoms with Crippen LogP contribution in [0.25, 0.3) is 0 Å². The summed E-state index contributed by atoms with van der Waals surface area (Å²) in [7, 11) is 1.64. The molecule has 0 amide bonds. The molecule has 1 unspecified atom stereocenters. The van der Waals surface area contributed by atoms with Gasteiger partial charge in [-0.1, -0.05) is 30.3 Å². The SMILES string of the molecule is CCCCc1noc(C(C)Sc2n[nH]c(=O)n2CCCOC)n1. The smallest absolute Gasteiger partial charge is 0.343 e. The van der Waals surface area contributed by atoms with Gasteiger partial charge >= 0.3 is 5.69 Å². The maximum atomic E-state index is 11.8. The lowest BCUT2D eigenvalue weighted by Gasteiger charge is -2.07. The van der Waals surface area contributed by atoms with Crippen LogP contribution in [0.4, 0.5) is 0 Å². The Morgan fingerprint density at radius 3 is 3.00 bits per heavy atom. The minimum atomic E-state index is -0.218. The standard InChI is InChI=1S/C14H23N5O3S/c1-4-5-7-11-15-12(22-18-11)10(2)23-14-17-16-13(20)19(14)8-6-9-21-3/h10H,4-9H2,1-3H3,(H,16,20). The van der Waals surface area contributed by atoms with Crippen LogP contribution in [-0.2, 0) is 17.7 Å². The predicted octanol–water partition coefficient (Wildman–Crippen LogP) is 2.19. The zero-order valence-corrected chi connectivity index (χ0v) is 14.6. The summed E-state index contributed by atoms with van der Waals surface area (Å²) in [5.74, 6) is 1.29. The number of H-pyrrole nitrogens is 1. The van der Waals surface area contributed by atoms with E-state index >= 15 is 0 Å². The zero-order chi connectivity index (χ0) is 16.7. The Hall–Kier alpha value is -1.61. The summed E-state index contributed by atoms with van der Waals surface area (Å²) in [5.41, 5.74) is -0.218. The molecular weight excluding hydrogens is 318 g/mol. The third kappa shape index (κ3) is 4.93. The zero-order valence-electron chi connectivity index (χ0n) is 13.7. The number of nitrogens with zero attached hydrogens (tertiary/aromatic N) is 4. The molecule has 9 heteroatoms. The van der Waals surface area contributed by atoms with Gasteiger partial charge in [-0.25, -0.2) is 9.89 Å². The Balaban J connectivity index is 2.00. The summed E-state index contributed by atoms with van der Waals surface area (Å²) in [5, 5.41) is 11.1. The van der Waals surface area contributed by atoms with E-state index in [1.165, 1.54) is 11.8 Å². The number of hydrogen-bond donors (Lipinski definition) is 1. The molecule has 0 saturated heterocycles. The molecule has 0 bridgehead atoms. The summed E-state index contributed by atoms with van der Waals surface area (Å²) in [6.07, 6.45) is 3.70. The number of rotatable bonds is 10. The second-order valence-corrected chi connectivity index (χ2v) is 6.53. The van der Waals surface area contributed by atoms with Gasteiger partial charge in [0.15, 0.2) is 11.0 Å². The molecule has 1 N–H and O–H groups in total. The molecule has 0 aromatic carbocycles. The number of thioether (sulfide) groups is 1. The lowest BCUT2D eigenvalue weighted by molar-refractivity contribution is 0.189. The molecule has 8 nitrogen and oxygen atoms in total. The average molecular weight is 341 g/mol. The third-order valence-corrected chi connectivity index (χ3v) is 4.40. The Bertz CT molecular complexity index is 651. The molecule has 0 aliphatic carbocycles. The molecular formula is C14H23N5O3S. The molecule has 2 aromatic heterocycles. The van der Waals surface area contributed by atoms with Crippen molar-refractivity contribution in [2.75, 3.05) is 13.7 Å². The van der Waals surface area contributed by atoms with Crippen LogP contribution in [0.15, 0.2) is 14.5 Å². The van der Waals surface area contributed by atoms with E-state index in [1.807, 2.05) is 6.92 Å². The Morgan fingerprint density at radius 2 is 2.26 bits per heavy atom. The Morgan fingerprint density at radius 1 is 1.43 bits per heavy atom. The quantitative estimate of drug-likeness (QED) is 0.522. The minimum absolute atomic E-state index is 0.0748. The van der Waals surface area contributed by atoms with E-state index in [-0.39, 0.29) is 10.9 Å². The molecule has 1 atom stereocenters. The van der Waals surface area contributed by atoms with Gasteiger partial charge in [-0.2, -0.15) is 4.98 Å². The molecule has 0 spiro atoms. The van der Waals surface area contributed by atoms with Crippen LogP contribution in [0, 0.1) is 0 Å². The Kier molecular flexibility index (Phi) is 6.85. The topological polar surface area (TPSA) is 98.8 Å². The molecule has 0 fully saturated rings. The molecule has 128 valence electrons. The van der Waals surface area contributed by atoms with Crippen LogP contribution in [0.5, 0.6) is 0 Å². The first-order chi connectivity index (χ1) is 11.2. The normalized spacial score (nSPS) is 12.7. The van der Waals surface area contributed by atoms with Crippen LogP contribution >= 0.6 is 11.8 Å². The van der Waals surface area contributed by atoms with E-state index < -0.39 is 0 Å². The van der Waals surface area contributed by atoms with Gasteiger partial charge in [-0.15, -0.1) is 5.10 Å². The molecule has 0 radical (unpaired) electrons. The van der Waals surface area contributed by atoms with Gasteiger partial charge in [-0.3, -0.25) is 4.57 Å². The second-order valence-electron chi connectivity index (χ2n) is 5.22. The van der Waals surface area contributed by atoms with Crippen LogP contribution in [-0.4, -0.2) is 38.6 Å². The largest absolute Gasteiger partial charge is 0.385 e. The first-order valence-corrected chi connectivity index (χ1v) is 8.67. The van der Waals surface area contributed by atoms with E-state index in [2.05, 4.69) is 27.3 Å². The van der Waals surface area contributed by atoms with E-state index in [0.29, 0.717) is 24.2 Å². The number of aromatic amines is 1. The summed E-state index contributed by atoms with van der Waals surface area (Å²) in [6.45, 7) is 5.24. The van der Waals surface area contributed by atoms with E-state index in [9.17, 15) is 4.79 Å². The highest BCUT2D eigenvalue weighted by Crippen LogP contribution is 2.32. The third-order valence-electron chi connectivity index (χ3n) is 3.32. The maximum absolute atomic E-state index is 11.8. The molecule has 0 saturated carbocycles. The van der Waals surface area contributed by atoms with Crippen molar-refractivity contribution < 1.29 is 9.26 Å². The van der Waals surface area contributed by atoms with E-state index in [0.717, 1.165) is 31.5 Å². The highest BCUT2D eigenvalue weighted by atomic mass is 32.2. The highest BCUT2D eigenvalue weighted by molar-refractivity contribution is 7.99. The van der Waals surface area contributed by atoms with Gasteiger partial charge in [-0.05, 0) is 19.8 Å². The van der Waals surface area contributed by atoms with Crippen molar-refractivity contribution in [1.29, 1.82) is 0 Å². The number of aryl methyl sites for hydroxylation is 1. The summed E-state index contributed by atoms with van der Waals surface area (Å²) >= 11 is 1.42. The van der Waals surface area contributed by atoms with Crippen LogP contribution < -0.4 is 5.69 Å². The number of hydrogen-bond acceptors (Lipinski definition) is 7. The van der Waals surface area contributed by atoms with E-state index in [1.54, 1.807) is 11.7 Å². The monoisotopic (exact) mass is 341 g/mol. The number of unbranched alkanes of at least 4 members (excludes halogenated alkanes) is 1. The summed E-state index contributed by atoms with van der Waals surface area (Å²) in [4.78, 5) is 16.2. The number of methoxy groups -OCH3 is 1. The van der Waals surface area contributed by atoms with Gasteiger partial charge in [0.05, 0.1) is 5.25 Å². The van der Waals surface area contributed by atoms with Crippen molar-refractivity contribution in [3.05, 3.63) is 22.2 Å². The predicted molar refractivity (Wildman–Crippen MR) is 86.5 cm³/mol. The van der Waals surface area contributed by atoms with Crippen molar-refractivity contribution in [2.24, 2.45) is 0 Å². The molecule has 0 aliphatic heterocycles. The van der Waals surface area contributed by atoms with Crippen LogP contribution in [0.3, 0.4) is 0 Å². The molecule has 23 heavy (non-hydrogen) atoms. The van der Waals surface area contributed by atoms with Crippen molar-refractivity contribution in [2.45, 2.75) is 56.5 Å². The fraction of sp³-hybridized carbons (Fsp3) is 0.714. The average Bonchev–Trinajstić information content (AvgIpc) is 3.14. The number of aromatic nitrogens is 5. The van der Waals surface area contributed by atoms with Gasteiger partial charge in [0, 0.05) is 26.7 Å². The lowest BCUT2D eigenvalue weighted by atomic mass is 10.2. The molecule has 2 rings (SSSR count). The van der Waals surface area contributed by atoms with Crippen molar-refractivity contribution in [3.63, 3.8) is 0 Å². The molecule has 0 aliphatic rings. The molecule has 2 aromatic rings. The van der Waals surface area contributed by atoms with Gasteiger partial charge in [0.1, 0.15) is 0 Å². The van der Waals surface area contributed by atoms with E-state index in [4.69, 9.17) is 9.26 Å². The van der Waals surface area contributed by atoms with Crippen LogP contribution in [0.1, 0.15) is 50.1 Å². The molecule has 2 heterocycles. The maximum Gasteiger partial charge on any atom is 0.343 e. The van der Waals surface area contributed by atoms with Crippen molar-refractivity contribution >= 4 is 11.8 Å². The second kappa shape index (κ2) is 8.88. The minimum Gasteiger partial charge on any atom is -0.385 e. The van der Waals surface area contributed by atoms with Gasteiger partial charge in [0.25, 0.3) is 0 Å². The van der Waals surface area contributed by atoms with Gasteiger partial charge in [0.2, 0.25) is 5.89 Å².